The van der Waals surface area contributed by atoms with Crippen molar-refractivity contribution in [3.05, 3.63) is 59.9 Å². The third kappa shape index (κ3) is 3.05. The fourth-order valence-corrected chi connectivity index (χ4v) is 2.60. The molecule has 1 amide bonds. The first-order valence-electron chi connectivity index (χ1n) is 7.35. The molecular weight excluding hydrogens is 308 g/mol. The predicted octanol–water partition coefficient (Wildman–Crippen LogP) is 1.77. The van der Waals surface area contributed by atoms with Crippen molar-refractivity contribution in [2.45, 2.75) is 12.5 Å². The molecule has 122 valence electrons. The lowest BCUT2D eigenvalue weighted by Crippen LogP contribution is -2.33. The largest absolute Gasteiger partial charge is 0.480 e. The molecule has 3 rings (SSSR count). The number of hydrogen-bond acceptors (Lipinski definition) is 4. The summed E-state index contributed by atoms with van der Waals surface area (Å²) in [6.07, 6.45) is 3.49. The van der Waals surface area contributed by atoms with Gasteiger partial charge in [0.1, 0.15) is 11.9 Å². The maximum atomic E-state index is 11.6. The zero-order valence-corrected chi connectivity index (χ0v) is 12.7. The molecule has 7 nitrogen and oxygen atoms in total. The number of nitrogens with zero attached hydrogens (tertiary/aromatic N) is 1. The SMILES string of the molecule is NC(=O)c1cccnc1N[C@@H](Cc1c[nH]c2ccccc12)C(=O)O. The number of primary amides is 1. The number of fused-ring (bicyclic) bond motifs is 1. The fourth-order valence-electron chi connectivity index (χ4n) is 2.60. The van der Waals surface area contributed by atoms with E-state index in [1.54, 1.807) is 12.3 Å². The first kappa shape index (κ1) is 15.5. The van der Waals surface area contributed by atoms with E-state index in [1.165, 1.54) is 12.3 Å². The lowest BCUT2D eigenvalue weighted by atomic mass is 10.0. The van der Waals surface area contributed by atoms with Crippen LogP contribution in [0.1, 0.15) is 15.9 Å². The maximum absolute atomic E-state index is 11.6. The van der Waals surface area contributed by atoms with Crippen LogP contribution in [0.5, 0.6) is 0 Å². The van der Waals surface area contributed by atoms with Crippen LogP contribution < -0.4 is 11.1 Å². The van der Waals surface area contributed by atoms with Crippen molar-refractivity contribution in [3.63, 3.8) is 0 Å². The average Bonchev–Trinajstić information content (AvgIpc) is 2.97. The van der Waals surface area contributed by atoms with Gasteiger partial charge in [-0.05, 0) is 23.8 Å². The number of nitrogens with one attached hydrogen (secondary N) is 2. The summed E-state index contributed by atoms with van der Waals surface area (Å²) < 4.78 is 0. The molecule has 0 aliphatic rings. The van der Waals surface area contributed by atoms with E-state index in [0.717, 1.165) is 16.5 Å². The molecule has 0 spiro atoms. The summed E-state index contributed by atoms with van der Waals surface area (Å²) in [7, 11) is 0. The number of aliphatic carboxylic acids is 1. The number of aromatic nitrogens is 2. The van der Waals surface area contributed by atoms with Gasteiger partial charge >= 0.3 is 5.97 Å². The van der Waals surface area contributed by atoms with Gasteiger partial charge in [-0.15, -0.1) is 0 Å². The van der Waals surface area contributed by atoms with Gasteiger partial charge in [-0.3, -0.25) is 4.79 Å². The molecule has 5 N–H and O–H groups in total. The molecular formula is C17H16N4O3. The second kappa shape index (κ2) is 6.41. The van der Waals surface area contributed by atoms with Crippen molar-refractivity contribution in [1.82, 2.24) is 9.97 Å². The lowest BCUT2D eigenvalue weighted by molar-refractivity contribution is -0.137. The van der Waals surface area contributed by atoms with Gasteiger partial charge in [-0.1, -0.05) is 18.2 Å². The average molecular weight is 324 g/mol. The molecule has 0 saturated carbocycles. The summed E-state index contributed by atoms with van der Waals surface area (Å²) in [5.41, 5.74) is 7.26. The summed E-state index contributed by atoms with van der Waals surface area (Å²) in [5, 5.41) is 13.3. The molecule has 2 heterocycles. The zero-order chi connectivity index (χ0) is 17.1. The number of para-hydroxylation sites is 1. The minimum atomic E-state index is -1.04. The third-order valence-corrected chi connectivity index (χ3v) is 3.78. The van der Waals surface area contributed by atoms with Crippen LogP contribution in [0.3, 0.4) is 0 Å². The Hall–Kier alpha value is -3.35. The number of anilines is 1. The molecule has 1 aromatic carbocycles. The molecule has 0 unspecified atom stereocenters. The van der Waals surface area contributed by atoms with Crippen LogP contribution >= 0.6 is 0 Å². The number of H-pyrrole nitrogens is 1. The van der Waals surface area contributed by atoms with Crippen LogP contribution in [0.25, 0.3) is 10.9 Å². The Labute approximate surface area is 137 Å². The van der Waals surface area contributed by atoms with Gasteiger partial charge in [0, 0.05) is 29.7 Å². The number of carbonyl (C=O) groups is 2. The highest BCUT2D eigenvalue weighted by molar-refractivity contribution is 5.98. The van der Waals surface area contributed by atoms with Crippen LogP contribution in [0.2, 0.25) is 0 Å². The number of nitrogens with two attached hydrogens (primary N) is 1. The Bertz CT molecular complexity index is 903. The normalized spacial score (nSPS) is 12.0. The second-order valence-corrected chi connectivity index (χ2v) is 5.36. The zero-order valence-electron chi connectivity index (χ0n) is 12.7. The molecule has 0 fully saturated rings. The minimum Gasteiger partial charge on any atom is -0.480 e. The number of carboxylic acid groups (broad SMARTS) is 1. The van der Waals surface area contributed by atoms with Crippen molar-refractivity contribution >= 4 is 28.6 Å². The van der Waals surface area contributed by atoms with Crippen molar-refractivity contribution < 1.29 is 14.7 Å². The minimum absolute atomic E-state index is 0.155. The van der Waals surface area contributed by atoms with Crippen molar-refractivity contribution in [1.29, 1.82) is 0 Å². The quantitative estimate of drug-likeness (QED) is 0.550. The van der Waals surface area contributed by atoms with E-state index in [9.17, 15) is 14.7 Å². The summed E-state index contributed by atoms with van der Waals surface area (Å²) in [6, 6.07) is 9.78. The smallest absolute Gasteiger partial charge is 0.326 e. The summed E-state index contributed by atoms with van der Waals surface area (Å²) in [5.74, 6) is -1.54. The Balaban J connectivity index is 1.89. The maximum Gasteiger partial charge on any atom is 0.326 e. The Morgan fingerprint density at radius 1 is 1.25 bits per heavy atom. The Morgan fingerprint density at radius 3 is 2.79 bits per heavy atom. The molecule has 0 aliphatic carbocycles. The predicted molar refractivity (Wildman–Crippen MR) is 89.8 cm³/mol. The highest BCUT2D eigenvalue weighted by Gasteiger charge is 2.22. The molecule has 3 aromatic rings. The van der Waals surface area contributed by atoms with E-state index in [2.05, 4.69) is 15.3 Å². The van der Waals surface area contributed by atoms with E-state index in [-0.39, 0.29) is 17.8 Å². The van der Waals surface area contributed by atoms with Crippen LogP contribution in [-0.4, -0.2) is 33.0 Å². The monoisotopic (exact) mass is 324 g/mol. The first-order valence-corrected chi connectivity index (χ1v) is 7.35. The highest BCUT2D eigenvalue weighted by Crippen LogP contribution is 2.21. The summed E-state index contributed by atoms with van der Waals surface area (Å²) in [4.78, 5) is 30.2. The molecule has 7 heteroatoms. The Kier molecular flexibility index (Phi) is 4.15. The molecule has 24 heavy (non-hydrogen) atoms. The third-order valence-electron chi connectivity index (χ3n) is 3.78. The number of pyridine rings is 1. The van der Waals surface area contributed by atoms with Gasteiger partial charge in [0.2, 0.25) is 0 Å². The van der Waals surface area contributed by atoms with E-state index in [4.69, 9.17) is 5.73 Å². The van der Waals surface area contributed by atoms with E-state index in [1.807, 2.05) is 24.3 Å². The van der Waals surface area contributed by atoms with Crippen LogP contribution in [0, 0.1) is 0 Å². The molecule has 0 saturated heterocycles. The number of aromatic amines is 1. The number of rotatable bonds is 6. The second-order valence-electron chi connectivity index (χ2n) is 5.36. The summed E-state index contributed by atoms with van der Waals surface area (Å²) in [6.45, 7) is 0. The van der Waals surface area contributed by atoms with Gasteiger partial charge in [0.15, 0.2) is 0 Å². The standard InChI is InChI=1S/C17H16N4O3/c18-15(22)12-5-3-7-19-16(12)21-14(17(23)24)8-10-9-20-13-6-2-1-4-11(10)13/h1-7,9,14,20H,8H2,(H2,18,22)(H,19,21)(H,23,24)/t14-/m0/s1. The van der Waals surface area contributed by atoms with E-state index in [0.29, 0.717) is 0 Å². The van der Waals surface area contributed by atoms with Gasteiger partial charge in [-0.2, -0.15) is 0 Å². The van der Waals surface area contributed by atoms with Crippen molar-refractivity contribution in [2.24, 2.45) is 5.73 Å². The molecule has 2 aromatic heterocycles. The summed E-state index contributed by atoms with van der Waals surface area (Å²) >= 11 is 0. The van der Waals surface area contributed by atoms with Gasteiger partial charge in [0.05, 0.1) is 5.56 Å². The molecule has 0 aliphatic heterocycles. The molecule has 0 radical (unpaired) electrons. The number of amides is 1. The number of carboxylic acids is 1. The van der Waals surface area contributed by atoms with Crippen molar-refractivity contribution in [2.75, 3.05) is 5.32 Å². The van der Waals surface area contributed by atoms with Gasteiger partial charge in [-0.25, -0.2) is 9.78 Å². The molecule has 1 atom stereocenters. The Morgan fingerprint density at radius 2 is 2.04 bits per heavy atom. The lowest BCUT2D eigenvalue weighted by Gasteiger charge is -2.16. The first-order chi connectivity index (χ1) is 11.6. The van der Waals surface area contributed by atoms with Crippen LogP contribution in [-0.2, 0) is 11.2 Å². The number of benzene rings is 1. The van der Waals surface area contributed by atoms with Gasteiger partial charge < -0.3 is 21.1 Å². The van der Waals surface area contributed by atoms with Gasteiger partial charge in [0.25, 0.3) is 5.91 Å². The number of hydrogen-bond donors (Lipinski definition) is 4. The van der Waals surface area contributed by atoms with Crippen LogP contribution in [0.15, 0.2) is 48.8 Å². The molecule has 0 bridgehead atoms. The van der Waals surface area contributed by atoms with Crippen molar-refractivity contribution in [3.8, 4) is 0 Å². The van der Waals surface area contributed by atoms with E-state index < -0.39 is 17.9 Å². The topological polar surface area (TPSA) is 121 Å². The fraction of sp³-hybridized carbons (Fsp3) is 0.118. The highest BCUT2D eigenvalue weighted by atomic mass is 16.4. The number of carbonyl (C=O) groups excluding carboxylic acids is 1. The van der Waals surface area contributed by atoms with Crippen LogP contribution in [0.4, 0.5) is 5.82 Å². The van der Waals surface area contributed by atoms with E-state index >= 15 is 0 Å².